The molecule has 0 fully saturated rings. The first-order valence-electron chi connectivity index (χ1n) is 5.95. The van der Waals surface area contributed by atoms with Crippen LogP contribution < -0.4 is 0 Å². The number of H-pyrrole nitrogens is 1. The van der Waals surface area contributed by atoms with Gasteiger partial charge >= 0.3 is 0 Å². The molecule has 0 spiro atoms. The number of nitrogens with zero attached hydrogens (tertiary/aromatic N) is 1. The molecule has 4 heteroatoms. The Bertz CT molecular complexity index is 941. The number of aromatic amines is 1. The molecule has 0 unspecified atom stereocenters. The molecule has 0 radical (unpaired) electrons. The molecule has 0 bridgehead atoms. The van der Waals surface area contributed by atoms with E-state index in [0.29, 0.717) is 10.9 Å². The number of nitrogens with one attached hydrogen (secondary N) is 1. The van der Waals surface area contributed by atoms with Crippen LogP contribution in [-0.4, -0.2) is 20.4 Å². The Morgan fingerprint density at radius 2 is 1.79 bits per heavy atom. The van der Waals surface area contributed by atoms with Gasteiger partial charge in [-0.25, -0.2) is 0 Å². The van der Waals surface area contributed by atoms with Crippen molar-refractivity contribution in [1.82, 2.24) is 10.2 Å². The van der Waals surface area contributed by atoms with E-state index in [4.69, 9.17) is 0 Å². The second-order valence-corrected chi connectivity index (χ2v) is 4.60. The standard InChI is InChI=1S/C15H10N2O2/c18-12-6-8-3-1-2-4-10(8)11-5-9-7-16-17-14(9)15(19)13(11)12/h1-7,18-19H,(H,16,17). The van der Waals surface area contributed by atoms with Gasteiger partial charge in [-0.05, 0) is 28.3 Å². The predicted molar refractivity (Wildman–Crippen MR) is 74.4 cm³/mol. The highest BCUT2D eigenvalue weighted by molar-refractivity contribution is 6.17. The second-order valence-electron chi connectivity index (χ2n) is 4.60. The number of aromatic hydroxyl groups is 2. The molecule has 0 aliphatic heterocycles. The number of phenols is 2. The summed E-state index contributed by atoms with van der Waals surface area (Å²) in [6.45, 7) is 0. The minimum absolute atomic E-state index is 0.0354. The van der Waals surface area contributed by atoms with E-state index >= 15 is 0 Å². The molecule has 92 valence electrons. The number of rotatable bonds is 0. The molecule has 0 amide bonds. The van der Waals surface area contributed by atoms with E-state index in [9.17, 15) is 10.2 Å². The van der Waals surface area contributed by atoms with Crippen LogP contribution in [0.5, 0.6) is 11.5 Å². The molecule has 0 aliphatic carbocycles. The van der Waals surface area contributed by atoms with Crippen molar-refractivity contribution in [2.24, 2.45) is 0 Å². The lowest BCUT2D eigenvalue weighted by molar-refractivity contribution is 0.467. The van der Waals surface area contributed by atoms with Gasteiger partial charge in [0, 0.05) is 5.39 Å². The molecule has 1 aromatic heterocycles. The number of hydrogen-bond donors (Lipinski definition) is 3. The summed E-state index contributed by atoms with van der Waals surface area (Å²) in [6, 6.07) is 11.4. The van der Waals surface area contributed by atoms with E-state index in [1.807, 2.05) is 30.3 Å². The summed E-state index contributed by atoms with van der Waals surface area (Å²) in [4.78, 5) is 0. The van der Waals surface area contributed by atoms with Gasteiger partial charge in [0.05, 0.1) is 11.6 Å². The minimum atomic E-state index is 0.0354. The average Bonchev–Trinajstić information content (AvgIpc) is 2.87. The van der Waals surface area contributed by atoms with Gasteiger partial charge in [-0.1, -0.05) is 24.3 Å². The summed E-state index contributed by atoms with van der Waals surface area (Å²) in [5.74, 6) is 0.107. The molecule has 4 rings (SSSR count). The van der Waals surface area contributed by atoms with Gasteiger partial charge < -0.3 is 10.2 Å². The van der Waals surface area contributed by atoms with Gasteiger partial charge in [-0.15, -0.1) is 0 Å². The molecule has 4 nitrogen and oxygen atoms in total. The summed E-state index contributed by atoms with van der Waals surface area (Å²) < 4.78 is 0. The molecular weight excluding hydrogens is 240 g/mol. The third-order valence-corrected chi connectivity index (χ3v) is 3.51. The number of phenolic OH excluding ortho intramolecular Hbond substituents is 2. The smallest absolute Gasteiger partial charge is 0.152 e. The van der Waals surface area contributed by atoms with Crippen LogP contribution in [0.4, 0.5) is 0 Å². The zero-order valence-corrected chi connectivity index (χ0v) is 9.88. The van der Waals surface area contributed by atoms with E-state index in [-0.39, 0.29) is 11.5 Å². The van der Waals surface area contributed by atoms with Crippen LogP contribution in [0, 0.1) is 0 Å². The van der Waals surface area contributed by atoms with Gasteiger partial charge in [-0.3, -0.25) is 5.10 Å². The third kappa shape index (κ3) is 1.25. The molecule has 4 aromatic rings. The van der Waals surface area contributed by atoms with Gasteiger partial charge in [0.2, 0.25) is 0 Å². The number of aromatic nitrogens is 2. The van der Waals surface area contributed by atoms with Crippen molar-refractivity contribution in [2.75, 3.05) is 0 Å². The normalized spacial score (nSPS) is 11.6. The van der Waals surface area contributed by atoms with Crippen molar-refractivity contribution in [3.63, 3.8) is 0 Å². The quantitative estimate of drug-likeness (QED) is 0.419. The Balaban J connectivity index is 2.38. The summed E-state index contributed by atoms with van der Waals surface area (Å²) in [6.07, 6.45) is 1.66. The Morgan fingerprint density at radius 3 is 2.68 bits per heavy atom. The summed E-state index contributed by atoms with van der Waals surface area (Å²) in [7, 11) is 0. The lowest BCUT2D eigenvalue weighted by atomic mass is 9.99. The lowest BCUT2D eigenvalue weighted by Gasteiger charge is -2.08. The lowest BCUT2D eigenvalue weighted by Crippen LogP contribution is -1.82. The zero-order chi connectivity index (χ0) is 13.0. The third-order valence-electron chi connectivity index (χ3n) is 3.51. The Labute approximate surface area is 107 Å². The minimum Gasteiger partial charge on any atom is -0.507 e. The topological polar surface area (TPSA) is 69.1 Å². The first-order chi connectivity index (χ1) is 9.25. The number of hydrogen-bond acceptors (Lipinski definition) is 3. The van der Waals surface area contributed by atoms with Crippen LogP contribution in [0.2, 0.25) is 0 Å². The van der Waals surface area contributed by atoms with Crippen LogP contribution >= 0.6 is 0 Å². The van der Waals surface area contributed by atoms with Crippen LogP contribution in [0.3, 0.4) is 0 Å². The summed E-state index contributed by atoms with van der Waals surface area (Å²) >= 11 is 0. The number of fused-ring (bicyclic) bond motifs is 4. The van der Waals surface area contributed by atoms with Crippen molar-refractivity contribution in [2.45, 2.75) is 0 Å². The Hall–Kier alpha value is -2.75. The average molecular weight is 250 g/mol. The monoisotopic (exact) mass is 250 g/mol. The molecule has 0 saturated heterocycles. The van der Waals surface area contributed by atoms with Crippen molar-refractivity contribution >= 4 is 32.4 Å². The summed E-state index contributed by atoms with van der Waals surface area (Å²) in [5, 5.41) is 31.2. The Kier molecular flexibility index (Phi) is 1.82. The fourth-order valence-electron chi connectivity index (χ4n) is 2.63. The highest BCUT2D eigenvalue weighted by atomic mass is 16.3. The fourth-order valence-corrected chi connectivity index (χ4v) is 2.63. The maximum absolute atomic E-state index is 10.3. The van der Waals surface area contributed by atoms with Crippen LogP contribution in [0.1, 0.15) is 0 Å². The molecule has 3 aromatic carbocycles. The molecule has 1 heterocycles. The van der Waals surface area contributed by atoms with Gasteiger partial charge in [0.1, 0.15) is 11.3 Å². The van der Waals surface area contributed by atoms with Crippen LogP contribution in [-0.2, 0) is 0 Å². The van der Waals surface area contributed by atoms with E-state index in [1.54, 1.807) is 12.3 Å². The largest absolute Gasteiger partial charge is 0.507 e. The van der Waals surface area contributed by atoms with E-state index in [1.165, 1.54) is 0 Å². The first kappa shape index (κ1) is 10.2. The van der Waals surface area contributed by atoms with Gasteiger partial charge in [0.15, 0.2) is 5.75 Å². The van der Waals surface area contributed by atoms with Crippen molar-refractivity contribution in [3.05, 3.63) is 42.6 Å². The van der Waals surface area contributed by atoms with Crippen molar-refractivity contribution in [3.8, 4) is 11.5 Å². The second kappa shape index (κ2) is 3.38. The molecule has 3 N–H and O–H groups in total. The van der Waals surface area contributed by atoms with Crippen molar-refractivity contribution in [1.29, 1.82) is 0 Å². The van der Waals surface area contributed by atoms with Gasteiger partial charge in [0.25, 0.3) is 0 Å². The maximum atomic E-state index is 10.3. The molecule has 0 saturated carbocycles. The molecule has 0 aliphatic rings. The van der Waals surface area contributed by atoms with E-state index in [2.05, 4.69) is 10.2 Å². The van der Waals surface area contributed by atoms with Crippen LogP contribution in [0.25, 0.3) is 32.4 Å². The fraction of sp³-hybridized carbons (Fsp3) is 0. The number of benzene rings is 3. The van der Waals surface area contributed by atoms with E-state index < -0.39 is 0 Å². The zero-order valence-electron chi connectivity index (χ0n) is 9.88. The highest BCUT2D eigenvalue weighted by Crippen LogP contribution is 2.41. The molecule has 0 atom stereocenters. The van der Waals surface area contributed by atoms with Crippen LogP contribution in [0.15, 0.2) is 42.6 Å². The summed E-state index contributed by atoms with van der Waals surface area (Å²) in [5.41, 5.74) is 0.540. The maximum Gasteiger partial charge on any atom is 0.152 e. The highest BCUT2D eigenvalue weighted by Gasteiger charge is 2.14. The van der Waals surface area contributed by atoms with E-state index in [0.717, 1.165) is 21.5 Å². The SMILES string of the molecule is Oc1cc2ccccc2c2cc3cn[nH]c3c(O)c12. The molecular formula is C15H10N2O2. The van der Waals surface area contributed by atoms with Gasteiger partial charge in [-0.2, -0.15) is 5.10 Å². The predicted octanol–water partition coefficient (Wildman–Crippen LogP) is 3.28. The molecule has 19 heavy (non-hydrogen) atoms. The first-order valence-corrected chi connectivity index (χ1v) is 5.95. The van der Waals surface area contributed by atoms with Crippen molar-refractivity contribution < 1.29 is 10.2 Å². The Morgan fingerprint density at radius 1 is 0.947 bits per heavy atom.